The largest absolute Gasteiger partial charge is 0.512 e. The number of hydrogen-bond acceptors (Lipinski definition) is 7. The van der Waals surface area contributed by atoms with Crippen LogP contribution in [-0.4, -0.2) is 42.4 Å². The van der Waals surface area contributed by atoms with Gasteiger partial charge in [0.2, 0.25) is 0 Å². The molecule has 2 aromatic heterocycles. The normalized spacial score (nSPS) is 20.5. The summed E-state index contributed by atoms with van der Waals surface area (Å²) in [7, 11) is 0. The van der Waals surface area contributed by atoms with E-state index in [9.17, 15) is 9.90 Å². The SMILES string of the molecule is Cc1cc(C)n2nc(CC3=C(O)CC(CCc4ccc(OC(C)C)c(C)c4)(C4CCCC4)OC3=O)nc2n1. The highest BCUT2D eigenvalue weighted by molar-refractivity contribution is 5.90. The van der Waals surface area contributed by atoms with Crippen LogP contribution in [0.1, 0.15) is 80.7 Å². The summed E-state index contributed by atoms with van der Waals surface area (Å²) in [6.45, 7) is 9.95. The highest BCUT2D eigenvalue weighted by Gasteiger charge is 2.48. The summed E-state index contributed by atoms with van der Waals surface area (Å²) in [6.07, 6.45) is 6.25. The molecule has 0 saturated heterocycles. The number of esters is 1. The quantitative estimate of drug-likeness (QED) is 0.382. The third-order valence-electron chi connectivity index (χ3n) is 7.89. The smallest absolute Gasteiger partial charge is 0.338 e. The molecule has 5 rings (SSSR count). The van der Waals surface area contributed by atoms with Crippen LogP contribution in [0, 0.1) is 26.7 Å². The van der Waals surface area contributed by atoms with Crippen molar-refractivity contribution in [3.05, 3.63) is 63.9 Å². The minimum atomic E-state index is -0.705. The van der Waals surface area contributed by atoms with Crippen LogP contribution in [0.25, 0.3) is 5.78 Å². The zero-order valence-electron chi connectivity index (χ0n) is 23.1. The Hall–Kier alpha value is -3.42. The molecule has 1 atom stereocenters. The fraction of sp³-hybridized carbons (Fsp3) is 0.533. The van der Waals surface area contributed by atoms with Gasteiger partial charge in [0, 0.05) is 24.2 Å². The number of hydrogen-bond donors (Lipinski definition) is 1. The van der Waals surface area contributed by atoms with E-state index in [4.69, 9.17) is 9.47 Å². The minimum absolute atomic E-state index is 0.102. The Labute approximate surface area is 224 Å². The lowest BCUT2D eigenvalue weighted by Crippen LogP contribution is -2.46. The van der Waals surface area contributed by atoms with Gasteiger partial charge in [-0.05, 0) is 89.5 Å². The molecule has 0 bridgehead atoms. The standard InChI is InChI=1S/C30H38N4O4/c1-18(2)37-26-11-10-22(14-19(26)3)12-13-30(23-8-6-7-9-23)17-25(35)24(28(36)38-30)16-27-32-29-31-20(4)15-21(5)34(29)33-27/h10-11,14-15,18,23,35H,6-9,12-13,16-17H2,1-5H3. The molecule has 3 heterocycles. The van der Waals surface area contributed by atoms with Gasteiger partial charge in [0.25, 0.3) is 5.78 Å². The number of cyclic esters (lactones) is 1. The number of aromatic nitrogens is 4. The van der Waals surface area contributed by atoms with Crippen molar-refractivity contribution >= 4 is 11.7 Å². The fourth-order valence-corrected chi connectivity index (χ4v) is 6.04. The monoisotopic (exact) mass is 518 g/mol. The number of aliphatic hydroxyl groups excluding tert-OH is 1. The molecule has 1 N–H and O–H groups in total. The second kappa shape index (κ2) is 10.4. The van der Waals surface area contributed by atoms with Gasteiger partial charge in [0.1, 0.15) is 17.1 Å². The third-order valence-corrected chi connectivity index (χ3v) is 7.89. The van der Waals surface area contributed by atoms with E-state index in [0.717, 1.165) is 54.8 Å². The van der Waals surface area contributed by atoms with Gasteiger partial charge in [-0.3, -0.25) is 0 Å². The van der Waals surface area contributed by atoms with Crippen molar-refractivity contribution in [3.63, 3.8) is 0 Å². The van der Waals surface area contributed by atoms with E-state index < -0.39 is 11.6 Å². The number of aliphatic hydroxyl groups is 1. The van der Waals surface area contributed by atoms with Crippen LogP contribution in [0.4, 0.5) is 0 Å². The van der Waals surface area contributed by atoms with Gasteiger partial charge in [0.05, 0.1) is 11.7 Å². The molecule has 0 amide bonds. The first-order chi connectivity index (χ1) is 18.1. The number of carbonyl (C=O) groups excluding carboxylic acids is 1. The maximum Gasteiger partial charge on any atom is 0.338 e. The van der Waals surface area contributed by atoms with Crippen molar-refractivity contribution in [3.8, 4) is 5.75 Å². The van der Waals surface area contributed by atoms with Crippen molar-refractivity contribution in [2.24, 2.45) is 5.92 Å². The fourth-order valence-electron chi connectivity index (χ4n) is 6.04. The zero-order chi connectivity index (χ0) is 27.0. The van der Waals surface area contributed by atoms with Crippen molar-refractivity contribution < 1.29 is 19.4 Å². The molecule has 3 aromatic rings. The van der Waals surface area contributed by atoms with Crippen LogP contribution in [0.5, 0.6) is 5.75 Å². The summed E-state index contributed by atoms with van der Waals surface area (Å²) >= 11 is 0. The number of nitrogens with zero attached hydrogens (tertiary/aromatic N) is 4. The molecular formula is C30H38N4O4. The Bertz CT molecular complexity index is 1390. The number of benzene rings is 1. The second-order valence-corrected chi connectivity index (χ2v) is 11.3. The van der Waals surface area contributed by atoms with Gasteiger partial charge in [-0.25, -0.2) is 14.3 Å². The molecule has 202 valence electrons. The molecule has 0 radical (unpaired) electrons. The molecular weight excluding hydrogens is 480 g/mol. The number of rotatable bonds is 8. The Morgan fingerprint density at radius 2 is 1.92 bits per heavy atom. The van der Waals surface area contributed by atoms with Crippen molar-refractivity contribution in [2.75, 3.05) is 0 Å². The van der Waals surface area contributed by atoms with Crippen LogP contribution in [0.15, 0.2) is 35.6 Å². The van der Waals surface area contributed by atoms with E-state index in [-0.39, 0.29) is 29.8 Å². The number of fused-ring (bicyclic) bond motifs is 1. The summed E-state index contributed by atoms with van der Waals surface area (Å²) in [6, 6.07) is 8.19. The van der Waals surface area contributed by atoms with Crippen molar-refractivity contribution in [2.45, 2.75) is 97.7 Å². The lowest BCUT2D eigenvalue weighted by atomic mass is 9.76. The molecule has 1 aromatic carbocycles. The average Bonchev–Trinajstić information content (AvgIpc) is 3.52. The van der Waals surface area contributed by atoms with Crippen LogP contribution < -0.4 is 4.74 Å². The summed E-state index contributed by atoms with van der Waals surface area (Å²) in [4.78, 5) is 22.3. The summed E-state index contributed by atoms with van der Waals surface area (Å²) in [5, 5.41) is 15.7. The van der Waals surface area contributed by atoms with E-state index in [2.05, 4.69) is 34.1 Å². The first-order valence-corrected chi connectivity index (χ1v) is 13.7. The predicted molar refractivity (Wildman–Crippen MR) is 144 cm³/mol. The van der Waals surface area contributed by atoms with E-state index >= 15 is 0 Å². The maximum absolute atomic E-state index is 13.4. The highest BCUT2D eigenvalue weighted by atomic mass is 16.6. The Morgan fingerprint density at radius 1 is 1.16 bits per heavy atom. The van der Waals surface area contributed by atoms with Gasteiger partial charge in [-0.2, -0.15) is 4.98 Å². The average molecular weight is 519 g/mol. The molecule has 8 heteroatoms. The Morgan fingerprint density at radius 3 is 2.61 bits per heavy atom. The molecule has 1 saturated carbocycles. The summed E-state index contributed by atoms with van der Waals surface area (Å²) < 4.78 is 13.9. The molecule has 1 unspecified atom stereocenters. The van der Waals surface area contributed by atoms with E-state index in [1.54, 1.807) is 4.52 Å². The number of aryl methyl sites for hydroxylation is 4. The number of carbonyl (C=O) groups is 1. The van der Waals surface area contributed by atoms with Crippen LogP contribution in [0.2, 0.25) is 0 Å². The van der Waals surface area contributed by atoms with E-state index in [1.807, 2.05) is 39.8 Å². The summed E-state index contributed by atoms with van der Waals surface area (Å²) in [5.74, 6) is 1.70. The van der Waals surface area contributed by atoms with E-state index in [1.165, 1.54) is 5.56 Å². The molecule has 0 spiro atoms. The molecule has 8 nitrogen and oxygen atoms in total. The van der Waals surface area contributed by atoms with Crippen LogP contribution >= 0.6 is 0 Å². The molecule has 1 aliphatic carbocycles. The van der Waals surface area contributed by atoms with Crippen LogP contribution in [0.3, 0.4) is 0 Å². The topological polar surface area (TPSA) is 98.8 Å². The van der Waals surface area contributed by atoms with Gasteiger partial charge in [-0.1, -0.05) is 25.0 Å². The Kier molecular flexibility index (Phi) is 7.16. The van der Waals surface area contributed by atoms with Gasteiger partial charge in [-0.15, -0.1) is 5.10 Å². The Balaban J connectivity index is 1.38. The zero-order valence-corrected chi connectivity index (χ0v) is 23.1. The first-order valence-electron chi connectivity index (χ1n) is 13.7. The first kappa shape index (κ1) is 26.2. The van der Waals surface area contributed by atoms with Gasteiger partial charge >= 0.3 is 5.97 Å². The second-order valence-electron chi connectivity index (χ2n) is 11.3. The lowest BCUT2D eigenvalue weighted by molar-refractivity contribution is -0.167. The minimum Gasteiger partial charge on any atom is -0.512 e. The molecule has 38 heavy (non-hydrogen) atoms. The molecule has 1 aliphatic heterocycles. The number of ether oxygens (including phenoxy) is 2. The molecule has 2 aliphatic rings. The predicted octanol–water partition coefficient (Wildman–Crippen LogP) is 5.70. The summed E-state index contributed by atoms with van der Waals surface area (Å²) in [5.41, 5.74) is 3.57. The van der Waals surface area contributed by atoms with Crippen LogP contribution in [-0.2, 0) is 22.4 Å². The maximum atomic E-state index is 13.4. The van der Waals surface area contributed by atoms with Gasteiger partial charge in [0.15, 0.2) is 5.82 Å². The lowest BCUT2D eigenvalue weighted by Gasteiger charge is -2.41. The van der Waals surface area contributed by atoms with Gasteiger partial charge < -0.3 is 14.6 Å². The van der Waals surface area contributed by atoms with Crippen molar-refractivity contribution in [1.82, 2.24) is 19.6 Å². The van der Waals surface area contributed by atoms with Crippen molar-refractivity contribution in [1.29, 1.82) is 0 Å². The third kappa shape index (κ3) is 5.26. The molecule has 1 fully saturated rings. The highest BCUT2D eigenvalue weighted by Crippen LogP contribution is 2.46. The van der Waals surface area contributed by atoms with E-state index in [0.29, 0.717) is 24.4 Å².